The molecule has 0 heterocycles. The van der Waals surface area contributed by atoms with Crippen LogP contribution in [0.1, 0.15) is 103 Å². The first-order valence-corrected chi connectivity index (χ1v) is 14.7. The third-order valence-corrected chi connectivity index (χ3v) is 7.38. The second-order valence-corrected chi connectivity index (χ2v) is 10.3. The number of hydrogen-bond acceptors (Lipinski definition) is 2. The van der Waals surface area contributed by atoms with Gasteiger partial charge >= 0.3 is 0 Å². The molecule has 0 spiro atoms. The summed E-state index contributed by atoms with van der Waals surface area (Å²) < 4.78 is 11.5. The van der Waals surface area contributed by atoms with E-state index in [1.54, 1.807) is 7.11 Å². The summed E-state index contributed by atoms with van der Waals surface area (Å²) in [5, 5.41) is 0. The van der Waals surface area contributed by atoms with Crippen LogP contribution in [0, 0.1) is 0 Å². The summed E-state index contributed by atoms with van der Waals surface area (Å²) >= 11 is 0. The zero-order valence-electron chi connectivity index (χ0n) is 23.5. The molecular formula is C35H48O2. The number of hydrogen-bond donors (Lipinski definition) is 0. The molecule has 0 fully saturated rings. The average Bonchev–Trinajstić information content (AvgIpc) is 2.95. The van der Waals surface area contributed by atoms with E-state index in [-0.39, 0.29) is 6.10 Å². The van der Waals surface area contributed by atoms with Crippen molar-refractivity contribution in [2.75, 3.05) is 13.7 Å². The zero-order valence-corrected chi connectivity index (χ0v) is 23.5. The number of ether oxygens (including phenoxy) is 2. The van der Waals surface area contributed by atoms with Crippen LogP contribution in [0.2, 0.25) is 0 Å². The summed E-state index contributed by atoms with van der Waals surface area (Å²) in [5.74, 6) is 0.878. The second kappa shape index (κ2) is 17.0. The largest absolute Gasteiger partial charge is 0.497 e. The Morgan fingerprint density at radius 1 is 0.568 bits per heavy atom. The van der Waals surface area contributed by atoms with Gasteiger partial charge in [0, 0.05) is 6.61 Å². The van der Waals surface area contributed by atoms with Crippen molar-refractivity contribution in [2.24, 2.45) is 0 Å². The van der Waals surface area contributed by atoms with Gasteiger partial charge in [0.1, 0.15) is 5.75 Å². The highest BCUT2D eigenvalue weighted by Gasteiger charge is 2.10. The third kappa shape index (κ3) is 10.0. The number of unbranched alkanes of at least 4 members (excludes halogenated alkanes) is 11. The second-order valence-electron chi connectivity index (χ2n) is 10.3. The van der Waals surface area contributed by atoms with E-state index in [4.69, 9.17) is 9.47 Å². The van der Waals surface area contributed by atoms with Gasteiger partial charge in [-0.1, -0.05) is 138 Å². The molecule has 0 radical (unpaired) electrons. The Balaban J connectivity index is 1.37. The third-order valence-electron chi connectivity index (χ3n) is 7.38. The number of rotatable bonds is 18. The van der Waals surface area contributed by atoms with Crippen LogP contribution in [0.5, 0.6) is 5.75 Å². The van der Waals surface area contributed by atoms with Gasteiger partial charge in [0.25, 0.3) is 0 Å². The Morgan fingerprint density at radius 2 is 1.03 bits per heavy atom. The van der Waals surface area contributed by atoms with Gasteiger partial charge in [-0.05, 0) is 53.3 Å². The lowest BCUT2D eigenvalue weighted by Gasteiger charge is -2.15. The van der Waals surface area contributed by atoms with Gasteiger partial charge in [-0.25, -0.2) is 0 Å². The topological polar surface area (TPSA) is 18.5 Å². The minimum atomic E-state index is 0.124. The maximum Gasteiger partial charge on any atom is 0.118 e. The molecule has 37 heavy (non-hydrogen) atoms. The van der Waals surface area contributed by atoms with Crippen molar-refractivity contribution >= 4 is 0 Å². The molecule has 0 bridgehead atoms. The van der Waals surface area contributed by atoms with E-state index < -0.39 is 0 Å². The summed E-state index contributed by atoms with van der Waals surface area (Å²) in [6.45, 7) is 5.30. The molecule has 0 N–H and O–H groups in total. The van der Waals surface area contributed by atoms with E-state index in [1.807, 2.05) is 12.1 Å². The highest BCUT2D eigenvalue weighted by molar-refractivity contribution is 5.83. The highest BCUT2D eigenvalue weighted by atomic mass is 16.5. The Hall–Kier alpha value is -2.58. The number of methoxy groups -OCH3 is 1. The summed E-state index contributed by atoms with van der Waals surface area (Å²) in [7, 11) is 1.70. The van der Waals surface area contributed by atoms with Gasteiger partial charge in [0.15, 0.2) is 0 Å². The monoisotopic (exact) mass is 500 g/mol. The van der Waals surface area contributed by atoms with Crippen LogP contribution >= 0.6 is 0 Å². The van der Waals surface area contributed by atoms with Gasteiger partial charge in [-0.2, -0.15) is 0 Å². The standard InChI is InChI=1S/C35H48O2/c1-4-5-6-7-8-9-10-11-12-13-14-17-28-37-29(2)30-20-22-31(23-21-30)34-18-15-16-19-35(34)32-24-26-33(36-3)27-25-32/h15-16,18-27,29H,4-14,17,28H2,1-3H3. The first kappa shape index (κ1) is 29.0. The van der Waals surface area contributed by atoms with Crippen LogP contribution in [0.3, 0.4) is 0 Å². The molecule has 2 nitrogen and oxygen atoms in total. The lowest BCUT2D eigenvalue weighted by molar-refractivity contribution is 0.0627. The van der Waals surface area contributed by atoms with Crippen molar-refractivity contribution in [2.45, 2.75) is 97.0 Å². The van der Waals surface area contributed by atoms with E-state index in [2.05, 4.69) is 74.5 Å². The normalized spacial score (nSPS) is 12.0. The van der Waals surface area contributed by atoms with E-state index in [0.29, 0.717) is 0 Å². The van der Waals surface area contributed by atoms with Crippen molar-refractivity contribution in [3.8, 4) is 28.0 Å². The summed E-state index contributed by atoms with van der Waals surface area (Å²) in [4.78, 5) is 0. The van der Waals surface area contributed by atoms with Crippen LogP contribution in [0.15, 0.2) is 72.8 Å². The molecule has 0 aliphatic heterocycles. The Bertz CT molecular complexity index is 991. The maximum absolute atomic E-state index is 6.17. The number of benzene rings is 3. The van der Waals surface area contributed by atoms with Crippen molar-refractivity contribution < 1.29 is 9.47 Å². The zero-order chi connectivity index (χ0) is 26.1. The van der Waals surface area contributed by atoms with E-state index in [9.17, 15) is 0 Å². The Kier molecular flexibility index (Phi) is 13.3. The molecule has 3 rings (SSSR count). The smallest absolute Gasteiger partial charge is 0.118 e. The van der Waals surface area contributed by atoms with Crippen LogP contribution < -0.4 is 4.74 Å². The fourth-order valence-corrected chi connectivity index (χ4v) is 4.99. The first-order chi connectivity index (χ1) is 18.2. The molecule has 0 saturated heterocycles. The molecule has 2 heteroatoms. The quantitative estimate of drug-likeness (QED) is 0.162. The molecule has 1 unspecified atom stereocenters. The molecular weight excluding hydrogens is 452 g/mol. The van der Waals surface area contributed by atoms with E-state index in [1.165, 1.54) is 98.4 Å². The molecule has 3 aromatic carbocycles. The van der Waals surface area contributed by atoms with Gasteiger partial charge < -0.3 is 9.47 Å². The summed E-state index contributed by atoms with van der Waals surface area (Å²) in [6.07, 6.45) is 16.6. The Labute approximate surface area is 226 Å². The summed E-state index contributed by atoms with van der Waals surface area (Å²) in [6, 6.07) is 25.8. The van der Waals surface area contributed by atoms with Crippen molar-refractivity contribution in [1.29, 1.82) is 0 Å². The molecule has 1 atom stereocenters. The van der Waals surface area contributed by atoms with Crippen LogP contribution in [-0.4, -0.2) is 13.7 Å². The van der Waals surface area contributed by atoms with Crippen molar-refractivity contribution in [3.63, 3.8) is 0 Å². The SMILES string of the molecule is CCCCCCCCCCCCCCOC(C)c1ccc(-c2ccccc2-c2ccc(OC)cc2)cc1. The molecule has 0 saturated carbocycles. The van der Waals surface area contributed by atoms with E-state index in [0.717, 1.165) is 18.8 Å². The average molecular weight is 501 g/mol. The lowest BCUT2D eigenvalue weighted by Crippen LogP contribution is -2.02. The van der Waals surface area contributed by atoms with Crippen LogP contribution in [-0.2, 0) is 4.74 Å². The molecule has 0 amide bonds. The molecule has 200 valence electrons. The fourth-order valence-electron chi connectivity index (χ4n) is 4.99. The fraction of sp³-hybridized carbons (Fsp3) is 0.486. The van der Waals surface area contributed by atoms with Crippen molar-refractivity contribution in [1.82, 2.24) is 0 Å². The van der Waals surface area contributed by atoms with Gasteiger partial charge in [0.05, 0.1) is 13.2 Å². The highest BCUT2D eigenvalue weighted by Crippen LogP contribution is 2.33. The van der Waals surface area contributed by atoms with Crippen molar-refractivity contribution in [3.05, 3.63) is 78.4 Å². The predicted molar refractivity (Wildman–Crippen MR) is 159 cm³/mol. The minimum absolute atomic E-state index is 0.124. The van der Waals surface area contributed by atoms with Gasteiger partial charge in [-0.15, -0.1) is 0 Å². The molecule has 0 aromatic heterocycles. The maximum atomic E-state index is 6.17. The van der Waals surface area contributed by atoms with Gasteiger partial charge in [-0.3, -0.25) is 0 Å². The summed E-state index contributed by atoms with van der Waals surface area (Å²) in [5.41, 5.74) is 6.13. The molecule has 3 aromatic rings. The molecule has 0 aliphatic rings. The van der Waals surface area contributed by atoms with Gasteiger partial charge in [0.2, 0.25) is 0 Å². The van der Waals surface area contributed by atoms with E-state index >= 15 is 0 Å². The van der Waals surface area contributed by atoms with Crippen LogP contribution in [0.25, 0.3) is 22.3 Å². The molecule has 0 aliphatic carbocycles. The predicted octanol–water partition coefficient (Wildman–Crippen LogP) is 10.8. The Morgan fingerprint density at radius 3 is 1.51 bits per heavy atom. The lowest BCUT2D eigenvalue weighted by atomic mass is 9.94. The minimum Gasteiger partial charge on any atom is -0.497 e. The van der Waals surface area contributed by atoms with Crippen LogP contribution in [0.4, 0.5) is 0 Å². The first-order valence-electron chi connectivity index (χ1n) is 14.7.